The van der Waals surface area contributed by atoms with Crippen LogP contribution < -0.4 is 0 Å². The van der Waals surface area contributed by atoms with Gasteiger partial charge in [-0.3, -0.25) is 14.6 Å². The molecule has 0 aromatic heterocycles. The van der Waals surface area contributed by atoms with E-state index in [0.717, 1.165) is 44.6 Å². The summed E-state index contributed by atoms with van der Waals surface area (Å²) in [6, 6.07) is 0.949. The van der Waals surface area contributed by atoms with Crippen molar-refractivity contribution in [2.75, 3.05) is 60.0 Å². The highest BCUT2D eigenvalue weighted by Gasteiger charge is 2.43. The van der Waals surface area contributed by atoms with Crippen molar-refractivity contribution in [1.82, 2.24) is 19.6 Å². The molecule has 0 aromatic rings. The van der Waals surface area contributed by atoms with Gasteiger partial charge in [-0.05, 0) is 57.5 Å². The molecule has 3 aliphatic heterocycles. The Morgan fingerprint density at radius 3 is 2.28 bits per heavy atom. The summed E-state index contributed by atoms with van der Waals surface area (Å²) < 4.78 is 10.6. The average molecular weight is 451 g/mol. The van der Waals surface area contributed by atoms with Crippen molar-refractivity contribution in [3.8, 4) is 0 Å². The van der Waals surface area contributed by atoms with Gasteiger partial charge in [0, 0.05) is 39.3 Å². The molecular formula is C24H42N4O4. The summed E-state index contributed by atoms with van der Waals surface area (Å²) in [5, 5.41) is 0. The van der Waals surface area contributed by atoms with Crippen LogP contribution in [0.2, 0.25) is 0 Å². The number of carbonyl (C=O) groups is 2. The van der Waals surface area contributed by atoms with Crippen LogP contribution in [0, 0.1) is 5.92 Å². The predicted octanol–water partition coefficient (Wildman–Crippen LogP) is 2.38. The van der Waals surface area contributed by atoms with Crippen LogP contribution in [0.15, 0.2) is 0 Å². The molecule has 4 aliphatic rings. The zero-order valence-electron chi connectivity index (χ0n) is 20.0. The van der Waals surface area contributed by atoms with Crippen molar-refractivity contribution in [1.29, 1.82) is 0 Å². The first-order chi connectivity index (χ1) is 15.5. The molecule has 2 atom stereocenters. The molecular weight excluding hydrogens is 408 g/mol. The Hall–Kier alpha value is -1.38. The van der Waals surface area contributed by atoms with Gasteiger partial charge in [-0.15, -0.1) is 0 Å². The van der Waals surface area contributed by atoms with Crippen LogP contribution in [0.5, 0.6) is 0 Å². The smallest absolute Gasteiger partial charge is 0.411 e. The van der Waals surface area contributed by atoms with E-state index in [4.69, 9.17) is 9.47 Å². The van der Waals surface area contributed by atoms with Crippen LogP contribution in [0.1, 0.15) is 57.8 Å². The summed E-state index contributed by atoms with van der Waals surface area (Å²) in [5.41, 5.74) is 0. The second-order valence-corrected chi connectivity index (χ2v) is 10.2. The lowest BCUT2D eigenvalue weighted by molar-refractivity contribution is -0.142. The van der Waals surface area contributed by atoms with Crippen molar-refractivity contribution < 1.29 is 19.1 Å². The maximum Gasteiger partial charge on any atom is 0.411 e. The Kier molecular flexibility index (Phi) is 8.29. The fraction of sp³-hybridized carbons (Fsp3) is 0.917. The first-order valence-electron chi connectivity index (χ1n) is 12.8. The number of hydrogen-bond donors (Lipinski definition) is 0. The molecule has 8 heteroatoms. The minimum atomic E-state index is -0.205. The second-order valence-electron chi connectivity index (χ2n) is 10.2. The summed E-state index contributed by atoms with van der Waals surface area (Å²) in [6.45, 7) is 6.02. The van der Waals surface area contributed by atoms with Gasteiger partial charge in [0.25, 0.3) is 0 Å². The fourth-order valence-electron chi connectivity index (χ4n) is 6.13. The van der Waals surface area contributed by atoms with Crippen LogP contribution >= 0.6 is 0 Å². The van der Waals surface area contributed by atoms with E-state index in [9.17, 15) is 9.59 Å². The Morgan fingerprint density at radius 2 is 1.62 bits per heavy atom. The molecule has 4 fully saturated rings. The zero-order valence-corrected chi connectivity index (χ0v) is 20.0. The van der Waals surface area contributed by atoms with Gasteiger partial charge in [-0.1, -0.05) is 19.3 Å². The van der Waals surface area contributed by atoms with E-state index in [2.05, 4.69) is 14.7 Å². The van der Waals surface area contributed by atoms with E-state index in [0.29, 0.717) is 6.54 Å². The molecule has 3 saturated heterocycles. The molecule has 0 bridgehead atoms. The molecule has 1 aliphatic carbocycles. The van der Waals surface area contributed by atoms with Crippen LogP contribution in [0.4, 0.5) is 4.79 Å². The number of esters is 1. The van der Waals surface area contributed by atoms with Crippen molar-refractivity contribution >= 4 is 12.1 Å². The van der Waals surface area contributed by atoms with E-state index >= 15 is 0 Å². The lowest BCUT2D eigenvalue weighted by atomic mass is 9.87. The maximum absolute atomic E-state index is 12.4. The van der Waals surface area contributed by atoms with Crippen molar-refractivity contribution in [3.63, 3.8) is 0 Å². The molecule has 182 valence electrons. The van der Waals surface area contributed by atoms with Gasteiger partial charge in [0.15, 0.2) is 6.23 Å². The number of likely N-dealkylation sites (N-methyl/N-ethyl adjacent to an activating group) is 1. The number of piperazine rings is 1. The van der Waals surface area contributed by atoms with E-state index in [1.807, 2.05) is 11.9 Å². The summed E-state index contributed by atoms with van der Waals surface area (Å²) in [7, 11) is 3.31. The third-order valence-electron chi connectivity index (χ3n) is 8.29. The molecule has 32 heavy (non-hydrogen) atoms. The second kappa shape index (κ2) is 11.2. The highest BCUT2D eigenvalue weighted by atomic mass is 16.6. The molecule has 0 radical (unpaired) electrons. The third-order valence-corrected chi connectivity index (χ3v) is 8.29. The number of nitrogens with zero attached hydrogens (tertiary/aromatic N) is 4. The zero-order chi connectivity index (χ0) is 22.5. The van der Waals surface area contributed by atoms with Gasteiger partial charge in [0.1, 0.15) is 0 Å². The number of ether oxygens (including phenoxy) is 2. The summed E-state index contributed by atoms with van der Waals surface area (Å²) in [5.74, 6) is 0.564. The molecule has 3 heterocycles. The third kappa shape index (κ3) is 5.75. The van der Waals surface area contributed by atoms with Gasteiger partial charge >= 0.3 is 12.1 Å². The molecule has 4 rings (SSSR count). The lowest BCUT2D eigenvalue weighted by Gasteiger charge is -2.40. The van der Waals surface area contributed by atoms with Gasteiger partial charge in [-0.25, -0.2) is 4.79 Å². The Morgan fingerprint density at radius 1 is 0.938 bits per heavy atom. The number of carbonyl (C=O) groups excluding carboxylic acids is 2. The molecule has 2 unspecified atom stereocenters. The van der Waals surface area contributed by atoms with Crippen LogP contribution in [0.3, 0.4) is 0 Å². The minimum Gasteiger partial charge on any atom is -0.468 e. The number of amides is 1. The van der Waals surface area contributed by atoms with Gasteiger partial charge < -0.3 is 19.3 Å². The minimum absolute atomic E-state index is 0.117. The Bertz CT molecular complexity index is 625. The first kappa shape index (κ1) is 23.8. The molecule has 1 saturated carbocycles. The topological polar surface area (TPSA) is 65.6 Å². The number of rotatable bonds is 7. The van der Waals surface area contributed by atoms with E-state index < -0.39 is 0 Å². The summed E-state index contributed by atoms with van der Waals surface area (Å²) >= 11 is 0. The molecule has 8 nitrogen and oxygen atoms in total. The predicted molar refractivity (Wildman–Crippen MR) is 122 cm³/mol. The SMILES string of the molecule is COC(=O)CN1CCN(C2OC(=O)N(C)C2CCC2CCN(C3CCCCC3)CC2)CC1. The van der Waals surface area contributed by atoms with Crippen molar-refractivity contribution in [2.24, 2.45) is 5.92 Å². The monoisotopic (exact) mass is 450 g/mol. The number of cyclic esters (lactones) is 1. The number of hydrogen-bond acceptors (Lipinski definition) is 7. The van der Waals surface area contributed by atoms with Crippen molar-refractivity contribution in [3.05, 3.63) is 0 Å². The summed E-state index contributed by atoms with van der Waals surface area (Å²) in [4.78, 5) is 32.9. The normalized spacial score (nSPS) is 29.9. The molecule has 0 N–H and O–H groups in total. The molecule has 0 aromatic carbocycles. The Labute approximate surface area is 193 Å². The van der Waals surface area contributed by atoms with E-state index in [1.54, 1.807) is 0 Å². The fourth-order valence-corrected chi connectivity index (χ4v) is 6.13. The van der Waals surface area contributed by atoms with Crippen LogP contribution in [0.25, 0.3) is 0 Å². The van der Waals surface area contributed by atoms with Gasteiger partial charge in [0.05, 0.1) is 19.7 Å². The number of piperidine rings is 1. The van der Waals surface area contributed by atoms with E-state index in [1.165, 1.54) is 71.6 Å². The van der Waals surface area contributed by atoms with Crippen molar-refractivity contribution in [2.45, 2.75) is 76.1 Å². The molecule has 0 spiro atoms. The Balaban J connectivity index is 1.23. The highest BCUT2D eigenvalue weighted by Crippen LogP contribution is 2.32. The quantitative estimate of drug-likeness (QED) is 0.552. The van der Waals surface area contributed by atoms with Gasteiger partial charge in [-0.2, -0.15) is 0 Å². The number of methoxy groups -OCH3 is 1. The highest BCUT2D eigenvalue weighted by molar-refractivity contribution is 5.71. The summed E-state index contributed by atoms with van der Waals surface area (Å²) in [6.07, 6.45) is 11.4. The van der Waals surface area contributed by atoms with E-state index in [-0.39, 0.29) is 24.3 Å². The lowest BCUT2D eigenvalue weighted by Crippen LogP contribution is -2.54. The van der Waals surface area contributed by atoms with Crippen LogP contribution in [-0.4, -0.2) is 110 Å². The largest absolute Gasteiger partial charge is 0.468 e. The maximum atomic E-state index is 12.4. The molecule has 1 amide bonds. The average Bonchev–Trinajstić information content (AvgIpc) is 3.12. The van der Waals surface area contributed by atoms with Gasteiger partial charge in [0.2, 0.25) is 0 Å². The number of likely N-dealkylation sites (tertiary alicyclic amines) is 1. The first-order valence-corrected chi connectivity index (χ1v) is 12.8. The van der Waals surface area contributed by atoms with Crippen LogP contribution in [-0.2, 0) is 14.3 Å². The standard InChI is InChI=1S/C24H42N4O4/c1-25-21(9-8-19-10-12-27(13-11-19)20-6-4-3-5-7-20)23(32-24(25)30)28-16-14-26(15-17-28)18-22(29)31-2/h19-21,23H,3-18H2,1-2H3.